The van der Waals surface area contributed by atoms with Crippen LogP contribution >= 0.6 is 0 Å². The molecule has 0 aromatic carbocycles. The Hall–Kier alpha value is -1.60. The lowest BCUT2D eigenvalue weighted by molar-refractivity contribution is 0.573. The molecule has 0 amide bonds. The molecule has 0 spiro atoms. The van der Waals surface area contributed by atoms with Gasteiger partial charge >= 0.3 is 0 Å². The number of imidazole rings is 1. The van der Waals surface area contributed by atoms with E-state index in [-0.39, 0.29) is 5.03 Å². The van der Waals surface area contributed by atoms with E-state index < -0.39 is 10.0 Å². The highest BCUT2D eigenvalue weighted by atomic mass is 32.2. The zero-order valence-electron chi connectivity index (χ0n) is 10.6. The van der Waals surface area contributed by atoms with Crippen molar-refractivity contribution in [2.75, 3.05) is 18.9 Å². The predicted octanol–water partition coefficient (Wildman–Crippen LogP) is 1.06. The molecule has 1 aliphatic carbocycles. The third-order valence-corrected chi connectivity index (χ3v) is 4.68. The van der Waals surface area contributed by atoms with Gasteiger partial charge < -0.3 is 5.32 Å². The molecule has 1 aliphatic rings. The minimum Gasteiger partial charge on any atom is -0.371 e. The van der Waals surface area contributed by atoms with Gasteiger partial charge in [-0.05, 0) is 30.9 Å². The molecule has 2 N–H and O–H groups in total. The van der Waals surface area contributed by atoms with Gasteiger partial charge in [0.1, 0.15) is 5.65 Å². The lowest BCUT2D eigenvalue weighted by Crippen LogP contribution is -2.27. The number of aromatic nitrogens is 2. The summed E-state index contributed by atoms with van der Waals surface area (Å²) < 4.78 is 29.1. The monoisotopic (exact) mass is 280 g/mol. The Bertz CT molecular complexity index is 704. The van der Waals surface area contributed by atoms with Crippen LogP contribution in [0.25, 0.3) is 5.65 Å². The van der Waals surface area contributed by atoms with Crippen molar-refractivity contribution >= 4 is 21.5 Å². The van der Waals surface area contributed by atoms with Crippen LogP contribution in [0.15, 0.2) is 29.4 Å². The lowest BCUT2D eigenvalue weighted by Gasteiger charge is -2.07. The number of sulfonamides is 1. The zero-order valence-corrected chi connectivity index (χ0v) is 11.4. The summed E-state index contributed by atoms with van der Waals surface area (Å²) in [5.41, 5.74) is 0.610. The normalized spacial score (nSPS) is 15.8. The van der Waals surface area contributed by atoms with Gasteiger partial charge in [0, 0.05) is 19.8 Å². The summed E-state index contributed by atoms with van der Waals surface area (Å²) in [6.45, 7) is 0.506. The van der Waals surface area contributed by atoms with Crippen LogP contribution in [0.1, 0.15) is 12.8 Å². The Kier molecular flexibility index (Phi) is 2.94. The third-order valence-electron chi connectivity index (χ3n) is 3.24. The SMILES string of the molecule is CNc1nc2ccccn2c1S(=O)(=O)NCC1CC1. The van der Waals surface area contributed by atoms with E-state index in [2.05, 4.69) is 15.0 Å². The largest absolute Gasteiger partial charge is 0.371 e. The van der Waals surface area contributed by atoms with E-state index >= 15 is 0 Å². The second-order valence-electron chi connectivity index (χ2n) is 4.74. The van der Waals surface area contributed by atoms with Gasteiger partial charge in [-0.25, -0.2) is 18.1 Å². The number of anilines is 1. The van der Waals surface area contributed by atoms with Gasteiger partial charge in [0.05, 0.1) is 0 Å². The Morgan fingerprint density at radius 2 is 2.21 bits per heavy atom. The van der Waals surface area contributed by atoms with Crippen molar-refractivity contribution in [1.29, 1.82) is 0 Å². The van der Waals surface area contributed by atoms with Crippen molar-refractivity contribution in [3.8, 4) is 0 Å². The van der Waals surface area contributed by atoms with Crippen LogP contribution in [-0.2, 0) is 10.0 Å². The van der Waals surface area contributed by atoms with Crippen molar-refractivity contribution in [2.45, 2.75) is 17.9 Å². The summed E-state index contributed by atoms with van der Waals surface area (Å²) in [7, 11) is -1.89. The third kappa shape index (κ3) is 2.31. The minimum atomic E-state index is -3.55. The molecule has 0 atom stereocenters. The Morgan fingerprint density at radius 3 is 2.89 bits per heavy atom. The molecule has 0 aliphatic heterocycles. The number of rotatable bonds is 5. The van der Waals surface area contributed by atoms with Gasteiger partial charge in [-0.15, -0.1) is 0 Å². The molecule has 3 rings (SSSR count). The first-order valence-electron chi connectivity index (χ1n) is 6.26. The highest BCUT2D eigenvalue weighted by Gasteiger charge is 2.28. The summed E-state index contributed by atoms with van der Waals surface area (Å²) in [6, 6.07) is 5.39. The molecule has 19 heavy (non-hydrogen) atoms. The number of pyridine rings is 1. The molecule has 0 unspecified atom stereocenters. The average Bonchev–Trinajstić information content (AvgIpc) is 3.14. The first kappa shape index (κ1) is 12.4. The second-order valence-corrected chi connectivity index (χ2v) is 6.42. The van der Waals surface area contributed by atoms with E-state index in [0.717, 1.165) is 12.8 Å². The van der Waals surface area contributed by atoms with Crippen LogP contribution in [0.2, 0.25) is 0 Å². The van der Waals surface area contributed by atoms with Gasteiger partial charge in [-0.2, -0.15) is 0 Å². The predicted molar refractivity (Wildman–Crippen MR) is 72.7 cm³/mol. The Morgan fingerprint density at radius 1 is 1.42 bits per heavy atom. The van der Waals surface area contributed by atoms with Crippen LogP contribution in [0.5, 0.6) is 0 Å². The van der Waals surface area contributed by atoms with Crippen molar-refractivity contribution in [3.05, 3.63) is 24.4 Å². The van der Waals surface area contributed by atoms with Crippen molar-refractivity contribution in [3.63, 3.8) is 0 Å². The Labute approximate surface area is 111 Å². The van der Waals surface area contributed by atoms with Gasteiger partial charge in [0.15, 0.2) is 10.8 Å². The molecular weight excluding hydrogens is 264 g/mol. The molecule has 7 heteroatoms. The fourth-order valence-corrected chi connectivity index (χ4v) is 3.42. The Balaban J connectivity index is 2.06. The topological polar surface area (TPSA) is 75.5 Å². The maximum atomic E-state index is 12.4. The number of nitrogens with one attached hydrogen (secondary N) is 2. The van der Waals surface area contributed by atoms with Gasteiger partial charge in [-0.3, -0.25) is 4.40 Å². The molecule has 2 aromatic rings. The maximum absolute atomic E-state index is 12.4. The molecule has 1 saturated carbocycles. The standard InChI is InChI=1S/C12H16N4O2S/c1-13-11-12(16-7-3-2-4-10(16)15-11)19(17,18)14-8-9-5-6-9/h2-4,7,9,13-14H,5-6,8H2,1H3. The van der Waals surface area contributed by atoms with Crippen molar-refractivity contribution < 1.29 is 8.42 Å². The zero-order chi connectivity index (χ0) is 13.5. The van der Waals surface area contributed by atoms with E-state index in [9.17, 15) is 8.42 Å². The van der Waals surface area contributed by atoms with E-state index in [0.29, 0.717) is 23.9 Å². The fraction of sp³-hybridized carbons (Fsp3) is 0.417. The van der Waals surface area contributed by atoms with E-state index in [4.69, 9.17) is 0 Å². The molecule has 2 aromatic heterocycles. The molecule has 102 valence electrons. The smallest absolute Gasteiger partial charge is 0.260 e. The molecule has 2 heterocycles. The first-order valence-corrected chi connectivity index (χ1v) is 7.74. The van der Waals surface area contributed by atoms with Crippen molar-refractivity contribution in [1.82, 2.24) is 14.1 Å². The van der Waals surface area contributed by atoms with Crippen LogP contribution in [-0.4, -0.2) is 31.4 Å². The molecule has 0 bridgehead atoms. The minimum absolute atomic E-state index is 0.172. The summed E-state index contributed by atoms with van der Waals surface area (Å²) >= 11 is 0. The number of hydrogen-bond donors (Lipinski definition) is 2. The maximum Gasteiger partial charge on any atom is 0.260 e. The summed E-state index contributed by atoms with van der Waals surface area (Å²) in [5, 5.41) is 3.02. The molecule has 6 nitrogen and oxygen atoms in total. The average molecular weight is 280 g/mol. The summed E-state index contributed by atoms with van der Waals surface area (Å²) in [5.74, 6) is 0.862. The fourth-order valence-electron chi connectivity index (χ4n) is 2.01. The van der Waals surface area contributed by atoms with Crippen LogP contribution in [0.3, 0.4) is 0 Å². The lowest BCUT2D eigenvalue weighted by atomic mass is 10.4. The van der Waals surface area contributed by atoms with Crippen molar-refractivity contribution in [2.24, 2.45) is 5.92 Å². The summed E-state index contributed by atoms with van der Waals surface area (Å²) in [6.07, 6.45) is 3.91. The summed E-state index contributed by atoms with van der Waals surface area (Å²) in [4.78, 5) is 4.27. The highest BCUT2D eigenvalue weighted by Crippen LogP contribution is 2.29. The van der Waals surface area contributed by atoms with E-state index in [1.165, 1.54) is 0 Å². The van der Waals surface area contributed by atoms with Crippen LogP contribution < -0.4 is 10.0 Å². The highest BCUT2D eigenvalue weighted by molar-refractivity contribution is 7.89. The molecular formula is C12H16N4O2S. The van der Waals surface area contributed by atoms with Crippen LogP contribution in [0.4, 0.5) is 5.82 Å². The number of fused-ring (bicyclic) bond motifs is 1. The number of hydrogen-bond acceptors (Lipinski definition) is 4. The van der Waals surface area contributed by atoms with Gasteiger partial charge in [0.2, 0.25) is 0 Å². The molecule has 0 radical (unpaired) electrons. The second kappa shape index (κ2) is 4.50. The van der Waals surface area contributed by atoms with Crippen LogP contribution in [0, 0.1) is 5.92 Å². The van der Waals surface area contributed by atoms with E-state index in [1.54, 1.807) is 29.8 Å². The van der Waals surface area contributed by atoms with E-state index in [1.807, 2.05) is 6.07 Å². The number of nitrogens with zero attached hydrogens (tertiary/aromatic N) is 2. The first-order chi connectivity index (χ1) is 9.12. The van der Waals surface area contributed by atoms with Gasteiger partial charge in [-0.1, -0.05) is 6.07 Å². The molecule has 0 saturated heterocycles. The molecule has 1 fully saturated rings. The van der Waals surface area contributed by atoms with Gasteiger partial charge in [0.25, 0.3) is 10.0 Å². The quantitative estimate of drug-likeness (QED) is 0.859.